The number of halogens is 2. The molecule has 1 rings (SSSR count). The molecule has 0 saturated carbocycles. The van der Waals surface area contributed by atoms with Crippen molar-refractivity contribution in [2.45, 2.75) is 12.8 Å². The van der Waals surface area contributed by atoms with E-state index in [-0.39, 0.29) is 23.6 Å². The quantitative estimate of drug-likeness (QED) is 0.624. The first-order valence-electron chi connectivity index (χ1n) is 5.48. The average Bonchev–Trinajstić information content (AvgIpc) is 2.32. The number of hydrogen-bond donors (Lipinski definition) is 2. The molecule has 1 aromatic rings. The van der Waals surface area contributed by atoms with Crippen molar-refractivity contribution >= 4 is 57.1 Å². The predicted octanol–water partition coefficient (Wildman–Crippen LogP) is 2.54. The summed E-state index contributed by atoms with van der Waals surface area (Å²) < 4.78 is 1.48. The van der Waals surface area contributed by atoms with Crippen LogP contribution in [0.5, 0.6) is 5.75 Å². The number of benzene rings is 1. The first-order valence-corrected chi connectivity index (χ1v) is 7.64. The number of hydrogen-bond acceptors (Lipinski definition) is 3. The SMILES string of the molecule is CN(CCCC(=O)O)C(=O)c1cc(I)cc(I)c1O. The fourth-order valence-electron chi connectivity index (χ4n) is 1.50. The van der Waals surface area contributed by atoms with Gasteiger partial charge in [-0.05, 0) is 63.7 Å². The molecule has 0 saturated heterocycles. The Morgan fingerprint density at radius 2 is 1.95 bits per heavy atom. The number of aliphatic carboxylic acids is 1. The van der Waals surface area contributed by atoms with E-state index in [1.54, 1.807) is 19.2 Å². The third-order valence-electron chi connectivity index (χ3n) is 2.49. The Balaban J connectivity index is 2.79. The number of carboxylic acids is 1. The lowest BCUT2D eigenvalue weighted by atomic mass is 10.1. The number of amides is 1. The van der Waals surface area contributed by atoms with Crippen LogP contribution in [0, 0.1) is 7.14 Å². The summed E-state index contributed by atoms with van der Waals surface area (Å²) in [6.45, 7) is 0.340. The highest BCUT2D eigenvalue weighted by molar-refractivity contribution is 14.1. The lowest BCUT2D eigenvalue weighted by Crippen LogP contribution is -2.28. The van der Waals surface area contributed by atoms with Crippen molar-refractivity contribution in [3.8, 4) is 5.75 Å². The minimum Gasteiger partial charge on any atom is -0.506 e. The van der Waals surface area contributed by atoms with Crippen LogP contribution in [0.3, 0.4) is 0 Å². The monoisotopic (exact) mass is 489 g/mol. The molecule has 2 N–H and O–H groups in total. The van der Waals surface area contributed by atoms with Crippen LogP contribution in [0.2, 0.25) is 0 Å². The van der Waals surface area contributed by atoms with Gasteiger partial charge in [0.2, 0.25) is 0 Å². The van der Waals surface area contributed by atoms with Gasteiger partial charge in [-0.2, -0.15) is 0 Å². The topological polar surface area (TPSA) is 77.8 Å². The second-order valence-corrected chi connectivity index (χ2v) is 6.42. The zero-order chi connectivity index (χ0) is 14.6. The van der Waals surface area contributed by atoms with Crippen molar-refractivity contribution in [3.63, 3.8) is 0 Å². The second kappa shape index (κ2) is 7.27. The molecule has 0 unspecified atom stereocenters. The number of rotatable bonds is 5. The summed E-state index contributed by atoms with van der Waals surface area (Å²) >= 11 is 4.04. The molecule has 104 valence electrons. The highest BCUT2D eigenvalue weighted by Crippen LogP contribution is 2.27. The normalized spacial score (nSPS) is 10.3. The maximum Gasteiger partial charge on any atom is 0.303 e. The van der Waals surface area contributed by atoms with Gasteiger partial charge in [0.15, 0.2) is 0 Å². The van der Waals surface area contributed by atoms with Gasteiger partial charge >= 0.3 is 5.97 Å². The van der Waals surface area contributed by atoms with Crippen molar-refractivity contribution in [1.82, 2.24) is 4.90 Å². The Morgan fingerprint density at radius 1 is 1.32 bits per heavy atom. The minimum absolute atomic E-state index is 0.0213. The number of carbonyl (C=O) groups is 2. The van der Waals surface area contributed by atoms with Gasteiger partial charge in [0.25, 0.3) is 5.91 Å². The Kier molecular flexibility index (Phi) is 6.30. The molecule has 0 aromatic heterocycles. The smallest absolute Gasteiger partial charge is 0.303 e. The Morgan fingerprint density at radius 3 is 2.53 bits per heavy atom. The summed E-state index contributed by atoms with van der Waals surface area (Å²) in [7, 11) is 1.59. The molecule has 5 nitrogen and oxygen atoms in total. The molecule has 0 aliphatic heterocycles. The van der Waals surface area contributed by atoms with E-state index >= 15 is 0 Å². The summed E-state index contributed by atoms with van der Waals surface area (Å²) in [5.41, 5.74) is 0.245. The highest BCUT2D eigenvalue weighted by Gasteiger charge is 2.18. The highest BCUT2D eigenvalue weighted by atomic mass is 127. The van der Waals surface area contributed by atoms with Crippen LogP contribution in [-0.4, -0.2) is 40.6 Å². The van der Waals surface area contributed by atoms with Crippen LogP contribution < -0.4 is 0 Å². The van der Waals surface area contributed by atoms with Gasteiger partial charge in [-0.15, -0.1) is 0 Å². The molecule has 0 aliphatic carbocycles. The van der Waals surface area contributed by atoms with E-state index in [4.69, 9.17) is 5.11 Å². The molecule has 0 spiro atoms. The molecule has 0 radical (unpaired) electrons. The number of carboxylic acid groups (broad SMARTS) is 1. The fraction of sp³-hybridized carbons (Fsp3) is 0.333. The second-order valence-electron chi connectivity index (χ2n) is 4.01. The van der Waals surface area contributed by atoms with E-state index < -0.39 is 5.97 Å². The molecule has 1 aromatic carbocycles. The first-order chi connectivity index (χ1) is 8.82. The van der Waals surface area contributed by atoms with Crippen LogP contribution in [-0.2, 0) is 4.79 Å². The van der Waals surface area contributed by atoms with Gasteiger partial charge in [-0.3, -0.25) is 9.59 Å². The van der Waals surface area contributed by atoms with Crippen molar-refractivity contribution in [2.75, 3.05) is 13.6 Å². The van der Waals surface area contributed by atoms with E-state index in [1.807, 2.05) is 22.6 Å². The Labute approximate surface area is 138 Å². The van der Waals surface area contributed by atoms with Gasteiger partial charge in [0.1, 0.15) is 5.75 Å². The number of phenols is 1. The zero-order valence-electron chi connectivity index (χ0n) is 10.2. The van der Waals surface area contributed by atoms with Gasteiger partial charge in [0.05, 0.1) is 9.13 Å². The van der Waals surface area contributed by atoms with Crippen molar-refractivity contribution in [1.29, 1.82) is 0 Å². The maximum atomic E-state index is 12.2. The Hall–Kier alpha value is -0.580. The van der Waals surface area contributed by atoms with E-state index in [9.17, 15) is 14.7 Å². The van der Waals surface area contributed by atoms with Crippen LogP contribution >= 0.6 is 45.2 Å². The summed E-state index contributed by atoms with van der Waals surface area (Å²) in [4.78, 5) is 24.0. The van der Waals surface area contributed by atoms with Gasteiger partial charge < -0.3 is 15.1 Å². The van der Waals surface area contributed by atoms with E-state index in [0.717, 1.165) is 3.57 Å². The molecule has 0 bridgehead atoms. The standard InChI is InChI=1S/C12H13I2NO4/c1-15(4-2-3-10(16)17)12(19)8-5-7(13)6-9(14)11(8)18/h5-6,18H,2-4H2,1H3,(H,16,17). The molecular weight excluding hydrogens is 476 g/mol. The van der Waals surface area contributed by atoms with Crippen molar-refractivity contribution in [2.24, 2.45) is 0 Å². The lowest BCUT2D eigenvalue weighted by Gasteiger charge is -2.18. The van der Waals surface area contributed by atoms with Crippen LogP contribution in [0.15, 0.2) is 12.1 Å². The van der Waals surface area contributed by atoms with E-state index in [1.165, 1.54) is 4.90 Å². The van der Waals surface area contributed by atoms with Crippen molar-refractivity contribution in [3.05, 3.63) is 24.8 Å². The maximum absolute atomic E-state index is 12.2. The third-order valence-corrected chi connectivity index (χ3v) is 3.93. The number of aromatic hydroxyl groups is 1. The van der Waals surface area contributed by atoms with Gasteiger partial charge in [0, 0.05) is 23.6 Å². The summed E-state index contributed by atoms with van der Waals surface area (Å²) in [5.74, 6) is -1.22. The summed E-state index contributed by atoms with van der Waals surface area (Å²) in [5, 5.41) is 18.5. The van der Waals surface area contributed by atoms with E-state index in [0.29, 0.717) is 16.5 Å². The van der Waals surface area contributed by atoms with Crippen LogP contribution in [0.1, 0.15) is 23.2 Å². The van der Waals surface area contributed by atoms with Gasteiger partial charge in [-0.25, -0.2) is 0 Å². The molecule has 7 heteroatoms. The molecule has 0 atom stereocenters. The largest absolute Gasteiger partial charge is 0.506 e. The molecule has 19 heavy (non-hydrogen) atoms. The molecule has 0 aliphatic rings. The summed E-state index contributed by atoms with van der Waals surface area (Å²) in [6.07, 6.45) is 0.410. The predicted molar refractivity (Wildman–Crippen MR) is 87.4 cm³/mol. The average molecular weight is 489 g/mol. The number of carbonyl (C=O) groups excluding carboxylic acids is 1. The molecule has 0 heterocycles. The van der Waals surface area contributed by atoms with Crippen LogP contribution in [0.4, 0.5) is 0 Å². The molecule has 0 fully saturated rings. The number of nitrogens with zero attached hydrogens (tertiary/aromatic N) is 1. The Bertz CT molecular complexity index is 505. The number of phenolic OH excluding ortho intramolecular Hbond substituents is 1. The molecule has 1 amide bonds. The third kappa shape index (κ3) is 4.79. The first kappa shape index (κ1) is 16.5. The summed E-state index contributed by atoms with van der Waals surface area (Å²) in [6, 6.07) is 3.39. The zero-order valence-corrected chi connectivity index (χ0v) is 14.5. The molecular formula is C12H13I2NO4. The van der Waals surface area contributed by atoms with Gasteiger partial charge in [-0.1, -0.05) is 0 Å². The van der Waals surface area contributed by atoms with Crippen molar-refractivity contribution < 1.29 is 19.8 Å². The van der Waals surface area contributed by atoms with Crippen LogP contribution in [0.25, 0.3) is 0 Å². The lowest BCUT2D eigenvalue weighted by molar-refractivity contribution is -0.137. The fourth-order valence-corrected chi connectivity index (χ4v) is 3.35. The minimum atomic E-state index is -0.882. The van der Waals surface area contributed by atoms with E-state index in [2.05, 4.69) is 22.6 Å².